The van der Waals surface area contributed by atoms with E-state index in [9.17, 15) is 17.6 Å². The molecule has 11 heteroatoms. The van der Waals surface area contributed by atoms with E-state index >= 15 is 0 Å². The molecule has 0 N–H and O–H groups in total. The maximum absolute atomic E-state index is 13.9. The van der Waals surface area contributed by atoms with Gasteiger partial charge in [0.2, 0.25) is 0 Å². The van der Waals surface area contributed by atoms with Crippen molar-refractivity contribution in [3.8, 4) is 11.4 Å². The van der Waals surface area contributed by atoms with Crippen LogP contribution in [0.15, 0.2) is 71.1 Å². The predicted octanol–water partition coefficient (Wildman–Crippen LogP) is 12.5. The first-order valence-electron chi connectivity index (χ1n) is 19.3. The smallest absolute Gasteiger partial charge is 0.370 e. The van der Waals surface area contributed by atoms with Gasteiger partial charge in [0.1, 0.15) is 0 Å². The average Bonchev–Trinajstić information content (AvgIpc) is 3.87. The molecule has 6 rings (SSSR count). The Labute approximate surface area is 360 Å². The van der Waals surface area contributed by atoms with Gasteiger partial charge in [0.05, 0.1) is 16.1 Å². The quantitative estimate of drug-likeness (QED) is 0.104. The second-order valence-corrected chi connectivity index (χ2v) is 38.8. The molecule has 2 aliphatic carbocycles. The summed E-state index contributed by atoms with van der Waals surface area (Å²) < 4.78 is 57.4. The molecule has 0 spiro atoms. The van der Waals surface area contributed by atoms with Gasteiger partial charge in [-0.1, -0.05) is 78.6 Å². The van der Waals surface area contributed by atoms with Crippen molar-refractivity contribution in [1.82, 2.24) is 9.13 Å². The van der Waals surface area contributed by atoms with Gasteiger partial charge < -0.3 is 9.13 Å². The fourth-order valence-electron chi connectivity index (χ4n) is 6.84. The van der Waals surface area contributed by atoms with Crippen molar-refractivity contribution in [2.24, 2.45) is 0 Å². The van der Waals surface area contributed by atoms with Crippen molar-refractivity contribution in [2.75, 3.05) is 0 Å². The van der Waals surface area contributed by atoms with Crippen LogP contribution in [-0.2, 0) is 21.7 Å². The molecule has 57 heavy (non-hydrogen) atoms. The van der Waals surface area contributed by atoms with E-state index in [0.29, 0.717) is 11.4 Å². The van der Waals surface area contributed by atoms with Crippen LogP contribution < -0.4 is 10.4 Å². The van der Waals surface area contributed by atoms with Crippen molar-refractivity contribution >= 4 is 42.7 Å². The van der Waals surface area contributed by atoms with Crippen LogP contribution in [0.5, 0.6) is 0 Å². The van der Waals surface area contributed by atoms with Gasteiger partial charge in [-0.05, 0) is 61.6 Å². The van der Waals surface area contributed by atoms with Gasteiger partial charge in [0.15, 0.2) is 0 Å². The van der Waals surface area contributed by atoms with Gasteiger partial charge in [-0.15, -0.1) is 49.2 Å². The number of rotatable bonds is 6. The van der Waals surface area contributed by atoms with Crippen LogP contribution in [0.1, 0.15) is 35.6 Å². The maximum atomic E-state index is 13.9. The van der Waals surface area contributed by atoms with Gasteiger partial charge in [-0.3, -0.25) is 12.2 Å². The fourth-order valence-corrected chi connectivity index (χ4v) is 13.0. The Balaban J connectivity index is 0.000000276. The molecular weight excluding hydrogens is 817 g/mol. The zero-order valence-electron chi connectivity index (χ0n) is 37.1. The van der Waals surface area contributed by atoms with Crippen LogP contribution in [0.3, 0.4) is 0 Å². The molecule has 2 aromatic carbocycles. The molecule has 0 fully saturated rings. The number of aryl methyl sites for hydroxylation is 2. The van der Waals surface area contributed by atoms with Gasteiger partial charge in [-0.2, -0.15) is 12.2 Å². The minimum atomic E-state index is -1.48. The molecule has 0 radical (unpaired) electrons. The second kappa shape index (κ2) is 20.0. The Kier molecular flexibility index (Phi) is 17.7. The summed E-state index contributed by atoms with van der Waals surface area (Å²) in [6.45, 7) is 35.5. The van der Waals surface area contributed by atoms with E-state index in [2.05, 4.69) is 139 Å². The van der Waals surface area contributed by atoms with Gasteiger partial charge >= 0.3 is 21.7 Å². The summed E-state index contributed by atoms with van der Waals surface area (Å²) in [6, 6.07) is 13.8. The first-order chi connectivity index (χ1) is 25.6. The molecule has 4 aromatic rings. The van der Waals surface area contributed by atoms with Crippen LogP contribution in [0.4, 0.5) is 17.6 Å². The number of nitrogens with zero attached hydrogens (tertiary/aromatic N) is 2. The molecule has 2 nitrogen and oxygen atoms in total. The standard InChI is InChI=1S/2C15H18F2NSi.2C8H13Si.Ti/c2*1-10-8-15(19(3,4)5)11(2)18(10)14-7-6-12(16)9-13(14)17;2*1-9(2,3)8-6-4-5-7-8;/h2*6-8H,1-5H3;2*4,6H,5H2,1-3H3;/q4*-1;+4. The van der Waals surface area contributed by atoms with E-state index in [1.165, 1.54) is 45.0 Å². The second-order valence-electron chi connectivity index (χ2n) is 18.6. The van der Waals surface area contributed by atoms with Crippen molar-refractivity contribution in [3.63, 3.8) is 0 Å². The Morgan fingerprint density at radius 1 is 0.491 bits per heavy atom. The number of aromatic nitrogens is 2. The van der Waals surface area contributed by atoms with E-state index in [1.54, 1.807) is 0 Å². The Hall–Kier alpha value is -2.74. The number of benzene rings is 2. The van der Waals surface area contributed by atoms with Gasteiger partial charge in [0.25, 0.3) is 0 Å². The number of hydrogen-bond donors (Lipinski definition) is 0. The van der Waals surface area contributed by atoms with Crippen LogP contribution in [0.2, 0.25) is 78.6 Å². The van der Waals surface area contributed by atoms with E-state index in [1.807, 2.05) is 36.8 Å². The normalized spacial score (nSPS) is 13.8. The first kappa shape index (κ1) is 50.4. The van der Waals surface area contributed by atoms with Gasteiger partial charge in [0, 0.05) is 62.2 Å². The minimum Gasteiger partial charge on any atom is -0.370 e. The predicted molar refractivity (Wildman–Crippen MR) is 242 cm³/mol. The molecule has 0 saturated heterocycles. The fraction of sp³-hybridized carbons (Fsp3) is 0.391. The molecule has 0 unspecified atom stereocenters. The molecule has 2 aliphatic rings. The Bertz CT molecular complexity index is 1980. The molecule has 0 aliphatic heterocycles. The Morgan fingerprint density at radius 3 is 1.00 bits per heavy atom. The van der Waals surface area contributed by atoms with E-state index in [4.69, 9.17) is 0 Å². The molecule has 0 bridgehead atoms. The van der Waals surface area contributed by atoms with Crippen LogP contribution in [-0.4, -0.2) is 41.4 Å². The average molecular weight is 879 g/mol. The third kappa shape index (κ3) is 13.6. The van der Waals surface area contributed by atoms with Crippen molar-refractivity contribution in [2.45, 2.75) is 119 Å². The summed E-state index contributed by atoms with van der Waals surface area (Å²) in [5, 5.41) is 5.58. The van der Waals surface area contributed by atoms with Crippen molar-refractivity contribution < 1.29 is 39.3 Å². The van der Waals surface area contributed by atoms with Gasteiger partial charge in [-0.25, -0.2) is 40.1 Å². The molecule has 2 heterocycles. The Morgan fingerprint density at radius 2 is 0.807 bits per heavy atom. The summed E-state index contributed by atoms with van der Waals surface area (Å²) in [4.78, 5) is 0. The van der Waals surface area contributed by atoms with E-state index in [0.717, 1.165) is 35.6 Å². The van der Waals surface area contributed by atoms with Crippen LogP contribution in [0.25, 0.3) is 11.4 Å². The third-order valence-electron chi connectivity index (χ3n) is 9.65. The molecule has 0 saturated carbocycles. The summed E-state index contributed by atoms with van der Waals surface area (Å²) in [5.74, 6) is -2.64. The molecular formula is C46H62F4N2Si4Ti. The molecule has 304 valence electrons. The minimum absolute atomic E-state index is 0. The van der Waals surface area contributed by atoms with Crippen LogP contribution in [0, 0.1) is 75.2 Å². The summed E-state index contributed by atoms with van der Waals surface area (Å²) in [5.41, 5.74) is 4.73. The molecule has 2 aromatic heterocycles. The number of allylic oxidation sites excluding steroid dienone is 8. The van der Waals surface area contributed by atoms with Crippen molar-refractivity contribution in [1.29, 1.82) is 0 Å². The summed E-state index contributed by atoms with van der Waals surface area (Å²) in [7, 11) is -4.97. The zero-order chi connectivity index (χ0) is 42.6. The SMILES string of the molecule is C[Si](C)(C)C1=[C-]CC=C1.C[Si](C)(C)C1=[C-]CC=C1.Cc1cc([Si](C)(C)C)c(C)n1-c1ccc(F)[c-]c1F.Cc1cc([Si](C)(C)C)c(C)n1-c1ccc(F)[c-]c1F.[Ti+4]. The first-order valence-corrected chi connectivity index (χ1v) is 33.3. The van der Waals surface area contributed by atoms with Crippen LogP contribution >= 0.6 is 0 Å². The number of hydrogen-bond acceptors (Lipinski definition) is 0. The van der Waals surface area contributed by atoms with E-state index in [-0.39, 0.29) is 21.7 Å². The summed E-state index contributed by atoms with van der Waals surface area (Å²) in [6.07, 6.45) is 17.6. The maximum Gasteiger partial charge on any atom is 4.00 e. The summed E-state index contributed by atoms with van der Waals surface area (Å²) >= 11 is 0. The monoisotopic (exact) mass is 878 g/mol. The third-order valence-corrected chi connectivity index (χ3v) is 17.8. The largest absolute Gasteiger partial charge is 4.00 e. The molecule has 0 amide bonds. The number of halogens is 4. The van der Waals surface area contributed by atoms with Crippen molar-refractivity contribution in [3.05, 3.63) is 141 Å². The van der Waals surface area contributed by atoms with E-state index < -0.39 is 55.6 Å². The molecule has 0 atom stereocenters. The zero-order valence-corrected chi connectivity index (χ0v) is 42.7. The topological polar surface area (TPSA) is 9.86 Å².